The third-order valence-corrected chi connectivity index (χ3v) is 6.54. The van der Waals surface area contributed by atoms with Crippen LogP contribution in [0.2, 0.25) is 0 Å². The van der Waals surface area contributed by atoms with Crippen LogP contribution >= 0.6 is 0 Å². The van der Waals surface area contributed by atoms with Crippen molar-refractivity contribution >= 4 is 17.5 Å². The van der Waals surface area contributed by atoms with Crippen molar-refractivity contribution in [2.75, 3.05) is 4.90 Å². The highest BCUT2D eigenvalue weighted by Gasteiger charge is 2.63. The molecule has 6 heteroatoms. The van der Waals surface area contributed by atoms with E-state index in [9.17, 15) is 19.7 Å². The van der Waals surface area contributed by atoms with Crippen LogP contribution in [0.25, 0.3) is 6.08 Å². The summed E-state index contributed by atoms with van der Waals surface area (Å²) in [6, 6.07) is 21.3. The van der Waals surface area contributed by atoms with Crippen molar-refractivity contribution in [1.82, 2.24) is 0 Å². The Morgan fingerprint density at radius 3 is 2.33 bits per heavy atom. The number of para-hydroxylation sites is 1. The number of hydrogen-bond donors (Lipinski definition) is 0. The number of nitrogens with zero attached hydrogens (tertiary/aromatic N) is 3. The van der Waals surface area contributed by atoms with Crippen LogP contribution < -0.4 is 4.90 Å². The Hall–Kier alpha value is -4.29. The van der Waals surface area contributed by atoms with Gasteiger partial charge in [-0.3, -0.25) is 4.79 Å². The smallest absolute Gasteiger partial charge is 0.185 e. The minimum Gasteiger partial charge on any atom is -0.351 e. The number of benzene rings is 3. The Labute approximate surface area is 189 Å². The van der Waals surface area contributed by atoms with E-state index in [0.29, 0.717) is 11.3 Å². The zero-order chi connectivity index (χ0) is 23.2. The molecule has 0 bridgehead atoms. The number of halogens is 2. The van der Waals surface area contributed by atoms with Gasteiger partial charge in [0.05, 0.1) is 18.2 Å². The van der Waals surface area contributed by atoms with Gasteiger partial charge in [-0.05, 0) is 23.3 Å². The molecule has 0 spiro atoms. The van der Waals surface area contributed by atoms with Gasteiger partial charge in [0.2, 0.25) is 0 Å². The molecule has 2 heterocycles. The molecule has 3 aromatic rings. The van der Waals surface area contributed by atoms with Crippen molar-refractivity contribution in [2.45, 2.75) is 18.0 Å². The molecule has 0 amide bonds. The number of carbonyl (C=O) groups excluding carboxylic acids is 1. The fourth-order valence-electron chi connectivity index (χ4n) is 5.10. The molecule has 1 fully saturated rings. The molecule has 0 N–H and O–H groups in total. The van der Waals surface area contributed by atoms with Gasteiger partial charge in [0.15, 0.2) is 11.2 Å². The predicted octanol–water partition coefficient (Wildman–Crippen LogP) is 5.25. The first-order valence-corrected chi connectivity index (χ1v) is 10.4. The van der Waals surface area contributed by atoms with Gasteiger partial charge in [-0.15, -0.1) is 0 Å². The van der Waals surface area contributed by atoms with E-state index in [4.69, 9.17) is 0 Å². The number of fused-ring (bicyclic) bond motifs is 3. The molecule has 33 heavy (non-hydrogen) atoms. The Kier molecular flexibility index (Phi) is 4.80. The van der Waals surface area contributed by atoms with Gasteiger partial charge in [0.25, 0.3) is 0 Å². The topological polar surface area (TPSA) is 67.9 Å². The zero-order valence-electron chi connectivity index (χ0n) is 17.3. The molecule has 0 aliphatic carbocycles. The van der Waals surface area contributed by atoms with Crippen molar-refractivity contribution in [3.8, 4) is 12.1 Å². The Morgan fingerprint density at radius 2 is 1.64 bits per heavy atom. The first-order chi connectivity index (χ1) is 16.0. The summed E-state index contributed by atoms with van der Waals surface area (Å²) in [4.78, 5) is 15.7. The van der Waals surface area contributed by atoms with Gasteiger partial charge < -0.3 is 4.90 Å². The fraction of sp³-hybridized carbons (Fsp3) is 0.148. The van der Waals surface area contributed by atoms with Crippen molar-refractivity contribution in [1.29, 1.82) is 10.5 Å². The Bertz CT molecular complexity index is 1360. The monoisotopic (exact) mass is 437 g/mol. The predicted molar refractivity (Wildman–Crippen MR) is 119 cm³/mol. The van der Waals surface area contributed by atoms with E-state index in [-0.39, 0.29) is 11.3 Å². The third kappa shape index (κ3) is 2.96. The van der Waals surface area contributed by atoms with Crippen LogP contribution in [0.5, 0.6) is 0 Å². The maximum Gasteiger partial charge on any atom is 0.185 e. The lowest BCUT2D eigenvalue weighted by atomic mass is 9.69. The van der Waals surface area contributed by atoms with Crippen molar-refractivity contribution in [3.63, 3.8) is 0 Å². The molecule has 1 saturated heterocycles. The molecular formula is C27H17F2N3O. The summed E-state index contributed by atoms with van der Waals surface area (Å²) in [6.45, 7) is 0. The summed E-state index contributed by atoms with van der Waals surface area (Å²) in [6.07, 6.45) is 3.54. The summed E-state index contributed by atoms with van der Waals surface area (Å²) in [5.41, 5.74) is 0.0722. The summed E-state index contributed by atoms with van der Waals surface area (Å²) >= 11 is 0. The molecule has 2 aliphatic heterocycles. The van der Waals surface area contributed by atoms with E-state index >= 15 is 4.39 Å². The number of ketones is 1. The lowest BCUT2D eigenvalue weighted by Gasteiger charge is -2.35. The average molecular weight is 437 g/mol. The van der Waals surface area contributed by atoms with Crippen molar-refractivity contribution in [2.24, 2.45) is 5.41 Å². The van der Waals surface area contributed by atoms with Gasteiger partial charge in [-0.2, -0.15) is 10.5 Å². The number of hydrogen-bond acceptors (Lipinski definition) is 4. The quantitative estimate of drug-likeness (QED) is 0.525. The van der Waals surface area contributed by atoms with Crippen LogP contribution in [0.4, 0.5) is 14.5 Å². The maximum atomic E-state index is 15.1. The highest BCUT2D eigenvalue weighted by Crippen LogP contribution is 2.55. The van der Waals surface area contributed by atoms with Crippen molar-refractivity contribution in [3.05, 3.63) is 107 Å². The SMILES string of the molecule is N#CC1(C#N)[C@@H](c2ccc(F)cc2F)[C@@H](C(=O)c2ccccc2)N2c3ccccc3C=C[C@@H]21. The summed E-state index contributed by atoms with van der Waals surface area (Å²) < 4.78 is 28.9. The molecule has 5 rings (SSSR count). The van der Waals surface area contributed by atoms with E-state index in [2.05, 4.69) is 12.1 Å². The average Bonchev–Trinajstić information content (AvgIpc) is 3.15. The molecular weight excluding hydrogens is 420 g/mol. The van der Waals surface area contributed by atoms with Gasteiger partial charge in [0.1, 0.15) is 17.7 Å². The zero-order valence-corrected chi connectivity index (χ0v) is 17.3. The minimum absolute atomic E-state index is 0.0333. The standard InChI is InChI=1S/C27H17F2N3O/c28-19-11-12-20(21(29)14-19)24-25(26(33)18-7-2-1-3-8-18)32-22-9-5-4-6-17(22)10-13-23(32)27(24,15-30)16-31/h1-14,23-25H/t23-,24+,25+/m1/s1. The van der Waals surface area contributed by atoms with E-state index in [1.807, 2.05) is 30.3 Å². The number of carbonyl (C=O) groups is 1. The van der Waals surface area contributed by atoms with Crippen LogP contribution in [0.1, 0.15) is 27.4 Å². The molecule has 3 aromatic carbocycles. The lowest BCUT2D eigenvalue weighted by Crippen LogP contribution is -2.44. The molecule has 0 radical (unpaired) electrons. The molecule has 0 saturated carbocycles. The second-order valence-electron chi connectivity index (χ2n) is 8.18. The Balaban J connectivity index is 1.81. The second-order valence-corrected chi connectivity index (χ2v) is 8.18. The second kappa shape index (κ2) is 7.69. The van der Waals surface area contributed by atoms with Crippen LogP contribution in [0, 0.1) is 39.7 Å². The van der Waals surface area contributed by atoms with Crippen LogP contribution in [-0.2, 0) is 0 Å². The van der Waals surface area contributed by atoms with Crippen molar-refractivity contribution < 1.29 is 13.6 Å². The number of nitriles is 2. The van der Waals surface area contributed by atoms with Crippen LogP contribution in [0.3, 0.4) is 0 Å². The van der Waals surface area contributed by atoms with Crippen LogP contribution in [0.15, 0.2) is 78.9 Å². The van der Waals surface area contributed by atoms with E-state index in [1.54, 1.807) is 41.3 Å². The van der Waals surface area contributed by atoms with E-state index < -0.39 is 35.1 Å². The van der Waals surface area contributed by atoms with E-state index in [1.165, 1.54) is 6.07 Å². The van der Waals surface area contributed by atoms with Gasteiger partial charge in [-0.1, -0.05) is 66.7 Å². The molecule has 2 aliphatic rings. The fourth-order valence-corrected chi connectivity index (χ4v) is 5.10. The highest BCUT2D eigenvalue weighted by molar-refractivity contribution is 6.04. The summed E-state index contributed by atoms with van der Waals surface area (Å²) in [5.74, 6) is -3.16. The van der Waals surface area contributed by atoms with Gasteiger partial charge in [0, 0.05) is 23.2 Å². The third-order valence-electron chi connectivity index (χ3n) is 6.54. The minimum atomic E-state index is -1.78. The molecule has 0 unspecified atom stereocenters. The van der Waals surface area contributed by atoms with E-state index in [0.717, 1.165) is 17.7 Å². The lowest BCUT2D eigenvalue weighted by molar-refractivity contribution is 0.0950. The highest BCUT2D eigenvalue weighted by atomic mass is 19.1. The molecule has 3 atom stereocenters. The maximum absolute atomic E-state index is 15.1. The first-order valence-electron chi connectivity index (χ1n) is 10.4. The Morgan fingerprint density at radius 1 is 0.939 bits per heavy atom. The number of rotatable bonds is 3. The molecule has 0 aromatic heterocycles. The first kappa shape index (κ1) is 20.6. The summed E-state index contributed by atoms with van der Waals surface area (Å²) in [7, 11) is 0. The number of anilines is 1. The van der Waals surface area contributed by atoms with Gasteiger partial charge >= 0.3 is 0 Å². The summed E-state index contributed by atoms with van der Waals surface area (Å²) in [5, 5.41) is 20.6. The molecule has 160 valence electrons. The normalized spacial score (nSPS) is 22.1. The number of Topliss-reactive ketones (excluding diaryl/α,β-unsaturated/α-hetero) is 1. The van der Waals surface area contributed by atoms with Gasteiger partial charge in [-0.25, -0.2) is 8.78 Å². The molecule has 4 nitrogen and oxygen atoms in total. The largest absolute Gasteiger partial charge is 0.351 e. The van der Waals surface area contributed by atoms with Crippen LogP contribution in [-0.4, -0.2) is 17.9 Å².